The van der Waals surface area contributed by atoms with Crippen LogP contribution < -0.4 is 5.73 Å². The van der Waals surface area contributed by atoms with Crippen LogP contribution in [0, 0.1) is 0 Å². The second-order valence-corrected chi connectivity index (χ2v) is 3.12. The summed E-state index contributed by atoms with van der Waals surface area (Å²) in [6.07, 6.45) is 3.08. The first-order valence-electron chi connectivity index (χ1n) is 4.04. The largest absolute Gasteiger partial charge is 0.364 e. The van der Waals surface area contributed by atoms with Gasteiger partial charge in [-0.3, -0.25) is 9.48 Å². The maximum atomic E-state index is 10.9. The van der Waals surface area contributed by atoms with Crippen LogP contribution in [-0.4, -0.2) is 15.7 Å². The Morgan fingerprint density at radius 3 is 3.00 bits per heavy atom. The van der Waals surface area contributed by atoms with Gasteiger partial charge in [0.2, 0.25) is 0 Å². The quantitative estimate of drug-likeness (QED) is 0.637. The number of fused-ring (bicyclic) bond motifs is 1. The summed E-state index contributed by atoms with van der Waals surface area (Å²) in [7, 11) is 1.86. The molecule has 4 heteroatoms. The van der Waals surface area contributed by atoms with Gasteiger partial charge in [-0.15, -0.1) is 0 Å². The van der Waals surface area contributed by atoms with E-state index in [9.17, 15) is 4.79 Å². The lowest BCUT2D eigenvalue weighted by Crippen LogP contribution is -2.14. The van der Waals surface area contributed by atoms with E-state index in [0.29, 0.717) is 5.69 Å². The van der Waals surface area contributed by atoms with Crippen molar-refractivity contribution in [2.24, 2.45) is 12.8 Å². The molecule has 1 heterocycles. The van der Waals surface area contributed by atoms with Gasteiger partial charge in [0.25, 0.3) is 5.91 Å². The van der Waals surface area contributed by atoms with E-state index in [1.807, 2.05) is 7.05 Å². The van der Waals surface area contributed by atoms with Gasteiger partial charge in [0, 0.05) is 18.3 Å². The molecule has 0 aliphatic heterocycles. The highest BCUT2D eigenvalue weighted by atomic mass is 16.1. The predicted octanol–water partition coefficient (Wildman–Crippen LogP) is 0.00770. The molecule has 0 spiro atoms. The van der Waals surface area contributed by atoms with Gasteiger partial charge >= 0.3 is 0 Å². The summed E-state index contributed by atoms with van der Waals surface area (Å²) in [5, 5.41) is 4.07. The Labute approximate surface area is 70.4 Å². The van der Waals surface area contributed by atoms with Gasteiger partial charge < -0.3 is 5.73 Å². The first-order chi connectivity index (χ1) is 5.70. The molecule has 0 fully saturated rings. The predicted molar refractivity (Wildman–Crippen MR) is 43.8 cm³/mol. The minimum absolute atomic E-state index is 0.409. The van der Waals surface area contributed by atoms with E-state index in [1.165, 1.54) is 5.69 Å². The molecule has 0 aromatic carbocycles. The number of carbonyl (C=O) groups excluding carboxylic acids is 1. The summed E-state index contributed by atoms with van der Waals surface area (Å²) in [6.45, 7) is 0. The van der Waals surface area contributed by atoms with E-state index < -0.39 is 5.91 Å². The molecule has 0 saturated heterocycles. The third-order valence-electron chi connectivity index (χ3n) is 2.35. The molecule has 0 bridgehead atoms. The number of aryl methyl sites for hydroxylation is 1. The number of hydrogen-bond acceptors (Lipinski definition) is 2. The van der Waals surface area contributed by atoms with Gasteiger partial charge in [-0.2, -0.15) is 5.10 Å². The zero-order valence-corrected chi connectivity index (χ0v) is 7.00. The van der Waals surface area contributed by atoms with Crippen molar-refractivity contribution in [2.75, 3.05) is 0 Å². The van der Waals surface area contributed by atoms with E-state index in [4.69, 9.17) is 5.73 Å². The molecule has 0 saturated carbocycles. The van der Waals surface area contributed by atoms with Crippen LogP contribution in [0.15, 0.2) is 0 Å². The summed E-state index contributed by atoms with van der Waals surface area (Å²) in [5.74, 6) is -0.409. The molecular weight excluding hydrogens is 154 g/mol. The van der Waals surface area contributed by atoms with Crippen molar-refractivity contribution in [3.05, 3.63) is 17.0 Å². The zero-order valence-electron chi connectivity index (χ0n) is 7.00. The number of nitrogens with zero attached hydrogens (tertiary/aromatic N) is 2. The lowest BCUT2D eigenvalue weighted by atomic mass is 10.2. The standard InChI is InChI=1S/C8H11N3O/c1-11-6-4-2-3-5(6)7(10-11)8(9)12/h2-4H2,1H3,(H2,9,12). The average molecular weight is 165 g/mol. The Morgan fingerprint density at radius 1 is 1.58 bits per heavy atom. The Kier molecular flexibility index (Phi) is 1.43. The van der Waals surface area contributed by atoms with Gasteiger partial charge in [-0.25, -0.2) is 0 Å². The molecule has 2 rings (SSSR count). The van der Waals surface area contributed by atoms with E-state index in [-0.39, 0.29) is 0 Å². The third kappa shape index (κ3) is 0.841. The Balaban J connectivity index is 2.58. The SMILES string of the molecule is Cn1nc(C(N)=O)c2c1CCC2. The fraction of sp³-hybridized carbons (Fsp3) is 0.500. The van der Waals surface area contributed by atoms with Crippen molar-refractivity contribution < 1.29 is 4.79 Å². The van der Waals surface area contributed by atoms with Crippen LogP contribution in [0.25, 0.3) is 0 Å². The fourth-order valence-electron chi connectivity index (χ4n) is 1.81. The summed E-state index contributed by atoms with van der Waals surface area (Å²) < 4.78 is 1.77. The topological polar surface area (TPSA) is 60.9 Å². The van der Waals surface area contributed by atoms with Crippen molar-refractivity contribution in [3.8, 4) is 0 Å². The van der Waals surface area contributed by atoms with Crippen LogP contribution in [0.1, 0.15) is 28.2 Å². The van der Waals surface area contributed by atoms with Crippen molar-refractivity contribution >= 4 is 5.91 Å². The van der Waals surface area contributed by atoms with Crippen LogP contribution >= 0.6 is 0 Å². The molecule has 1 aliphatic carbocycles. The minimum Gasteiger partial charge on any atom is -0.364 e. The first kappa shape index (κ1) is 7.34. The maximum Gasteiger partial charge on any atom is 0.269 e. The van der Waals surface area contributed by atoms with E-state index >= 15 is 0 Å². The van der Waals surface area contributed by atoms with Gasteiger partial charge in [0.15, 0.2) is 5.69 Å². The molecule has 0 unspecified atom stereocenters. The molecule has 4 nitrogen and oxygen atoms in total. The molecule has 0 radical (unpaired) electrons. The van der Waals surface area contributed by atoms with Gasteiger partial charge in [0.1, 0.15) is 0 Å². The number of primary amides is 1. The second-order valence-electron chi connectivity index (χ2n) is 3.12. The Bertz CT molecular complexity index is 340. The summed E-state index contributed by atoms with van der Waals surface area (Å²) in [6, 6.07) is 0. The summed E-state index contributed by atoms with van der Waals surface area (Å²) in [5.41, 5.74) is 7.88. The van der Waals surface area contributed by atoms with Crippen LogP contribution in [-0.2, 0) is 19.9 Å². The van der Waals surface area contributed by atoms with Crippen molar-refractivity contribution in [1.29, 1.82) is 0 Å². The zero-order chi connectivity index (χ0) is 8.72. The molecule has 1 aliphatic rings. The van der Waals surface area contributed by atoms with Crippen molar-refractivity contribution in [1.82, 2.24) is 9.78 Å². The minimum atomic E-state index is -0.409. The highest BCUT2D eigenvalue weighted by Gasteiger charge is 2.23. The lowest BCUT2D eigenvalue weighted by molar-refractivity contribution is 0.0994. The molecule has 64 valence electrons. The smallest absolute Gasteiger partial charge is 0.269 e. The fourth-order valence-corrected chi connectivity index (χ4v) is 1.81. The Morgan fingerprint density at radius 2 is 2.33 bits per heavy atom. The van der Waals surface area contributed by atoms with Crippen LogP contribution in [0.4, 0.5) is 0 Å². The monoisotopic (exact) mass is 165 g/mol. The summed E-state index contributed by atoms with van der Waals surface area (Å²) >= 11 is 0. The summed E-state index contributed by atoms with van der Waals surface area (Å²) in [4.78, 5) is 10.9. The van der Waals surface area contributed by atoms with Gasteiger partial charge in [-0.05, 0) is 19.3 Å². The van der Waals surface area contributed by atoms with Gasteiger partial charge in [0.05, 0.1) is 0 Å². The number of nitrogens with two attached hydrogens (primary N) is 1. The Hall–Kier alpha value is -1.32. The molecule has 1 amide bonds. The normalized spacial score (nSPS) is 14.8. The highest BCUT2D eigenvalue weighted by molar-refractivity contribution is 5.92. The van der Waals surface area contributed by atoms with E-state index in [1.54, 1.807) is 4.68 Å². The van der Waals surface area contributed by atoms with E-state index in [2.05, 4.69) is 5.10 Å². The van der Waals surface area contributed by atoms with Crippen LogP contribution in [0.5, 0.6) is 0 Å². The highest BCUT2D eigenvalue weighted by Crippen LogP contribution is 2.23. The number of carbonyl (C=O) groups is 1. The lowest BCUT2D eigenvalue weighted by Gasteiger charge is -1.92. The number of rotatable bonds is 1. The van der Waals surface area contributed by atoms with Crippen molar-refractivity contribution in [2.45, 2.75) is 19.3 Å². The molecule has 0 atom stereocenters. The molecule has 1 aromatic heterocycles. The molecular formula is C8H11N3O. The average Bonchev–Trinajstić information content (AvgIpc) is 2.53. The van der Waals surface area contributed by atoms with Gasteiger partial charge in [-0.1, -0.05) is 0 Å². The first-order valence-corrected chi connectivity index (χ1v) is 4.04. The number of hydrogen-bond donors (Lipinski definition) is 1. The number of amides is 1. The molecule has 1 aromatic rings. The molecule has 2 N–H and O–H groups in total. The maximum absolute atomic E-state index is 10.9. The van der Waals surface area contributed by atoms with E-state index in [0.717, 1.165) is 24.8 Å². The molecule has 12 heavy (non-hydrogen) atoms. The second kappa shape index (κ2) is 2.33. The van der Waals surface area contributed by atoms with Crippen LogP contribution in [0.2, 0.25) is 0 Å². The third-order valence-corrected chi connectivity index (χ3v) is 2.35. The van der Waals surface area contributed by atoms with Crippen LogP contribution in [0.3, 0.4) is 0 Å². The number of aromatic nitrogens is 2. The van der Waals surface area contributed by atoms with Crippen molar-refractivity contribution in [3.63, 3.8) is 0 Å².